The van der Waals surface area contributed by atoms with Crippen molar-refractivity contribution in [2.24, 2.45) is 0 Å². The zero-order valence-corrected chi connectivity index (χ0v) is 37.4. The van der Waals surface area contributed by atoms with Gasteiger partial charge >= 0.3 is 26.0 Å². The van der Waals surface area contributed by atoms with Gasteiger partial charge < -0.3 is 22.9 Å². The third-order valence-electron chi connectivity index (χ3n) is 9.13. The minimum atomic E-state index is -2.79. The summed E-state index contributed by atoms with van der Waals surface area (Å²) in [5, 5.41) is 5.08. The van der Waals surface area contributed by atoms with E-state index in [2.05, 4.69) is 56.9 Å². The molecule has 13 nitrogen and oxygen atoms in total. The number of nitrogens with one attached hydrogen (secondary N) is 1. The minimum Gasteiger partial charge on any atom is -0.444 e. The Morgan fingerprint density at radius 1 is 0.694 bits per heavy atom. The average Bonchev–Trinajstić information content (AvgIpc) is 3.78. The molecule has 6 rings (SSSR count). The summed E-state index contributed by atoms with van der Waals surface area (Å²) < 4.78 is 31.0. The lowest BCUT2D eigenvalue weighted by Gasteiger charge is -2.21. The summed E-state index contributed by atoms with van der Waals surface area (Å²) in [6.07, 6.45) is 4.61. The number of ether oxygens (including phenoxy) is 1. The number of nitrogens with zero attached hydrogens (tertiary/aromatic N) is 2. The van der Waals surface area contributed by atoms with Crippen molar-refractivity contribution in [3.63, 3.8) is 0 Å². The van der Waals surface area contributed by atoms with Gasteiger partial charge in [0, 0.05) is 60.5 Å². The molecule has 0 atom stereocenters. The molecule has 0 aliphatic heterocycles. The van der Waals surface area contributed by atoms with E-state index in [-0.39, 0.29) is 18.0 Å². The summed E-state index contributed by atoms with van der Waals surface area (Å²) in [6.45, 7) is 12.9. The number of aromatic nitrogens is 2. The molecule has 0 radical (unpaired) electrons. The Morgan fingerprint density at radius 3 is 1.45 bits per heavy atom. The predicted molar refractivity (Wildman–Crippen MR) is 239 cm³/mol. The molecule has 0 aliphatic carbocycles. The molecule has 0 fully saturated rings. The quantitative estimate of drug-likeness (QED) is 0.0923. The molecule has 2 heterocycles. The van der Waals surface area contributed by atoms with Gasteiger partial charge in [0.25, 0.3) is 0 Å². The van der Waals surface area contributed by atoms with Gasteiger partial charge in [0.05, 0.1) is 11.4 Å². The van der Waals surface area contributed by atoms with Crippen molar-refractivity contribution in [3.05, 3.63) is 150 Å². The largest absolute Gasteiger partial charge is 0.444 e. The Labute approximate surface area is 363 Å². The van der Waals surface area contributed by atoms with Gasteiger partial charge in [-0.2, -0.15) is 19.2 Å². The topological polar surface area (TPSA) is 169 Å². The second-order valence-corrected chi connectivity index (χ2v) is 17.1. The van der Waals surface area contributed by atoms with E-state index < -0.39 is 19.3 Å². The molecule has 62 heavy (non-hydrogen) atoms. The van der Waals surface area contributed by atoms with Crippen molar-refractivity contribution < 1.29 is 47.1 Å². The number of hydrogen-bond acceptors (Lipinski definition) is 10. The first kappa shape index (κ1) is 51.7. The number of rotatable bonds is 12. The number of allylic oxidation sites excluding steroid dienone is 1. The molecule has 1 N–H and O–H groups in total. The first-order valence-corrected chi connectivity index (χ1v) is 21.4. The van der Waals surface area contributed by atoms with Crippen LogP contribution in [0.1, 0.15) is 81.7 Å². The normalized spacial score (nSPS) is 10.9. The Kier molecular flexibility index (Phi) is 22.3. The molecule has 0 unspecified atom stereocenters. The highest BCUT2D eigenvalue weighted by Crippen LogP contribution is 2.53. The monoisotopic (exact) mass is 865 g/mol. The number of benzene rings is 4. The van der Waals surface area contributed by atoms with E-state index in [4.69, 9.17) is 33.0 Å². The van der Waals surface area contributed by atoms with E-state index in [0.717, 1.165) is 65.7 Å². The van der Waals surface area contributed by atoms with E-state index in [1.54, 1.807) is 0 Å². The lowest BCUT2D eigenvalue weighted by molar-refractivity contribution is -0.193. The summed E-state index contributed by atoms with van der Waals surface area (Å²) in [7, 11) is 0.0750. The fourth-order valence-corrected chi connectivity index (χ4v) is 8.04. The van der Waals surface area contributed by atoms with Crippen LogP contribution in [-0.4, -0.2) is 59.3 Å². The third kappa shape index (κ3) is 16.5. The van der Waals surface area contributed by atoms with E-state index in [9.17, 15) is 14.2 Å². The molecule has 4 aromatic carbocycles. The SMILES string of the molecule is C/C(=C\c1cc2ccccc2n1Cc1ccccc1)NC(=O)OC(C)(C)C.CCC(CC)P(=O)(OC)OC.O=C=O.O=C=O.O=Cc1cc2ccccc2n1Cc1ccccc1. The van der Waals surface area contributed by atoms with Crippen molar-refractivity contribution in [1.29, 1.82) is 0 Å². The number of aldehydes is 1. The van der Waals surface area contributed by atoms with Crippen LogP contribution in [0.3, 0.4) is 0 Å². The molecule has 0 saturated heterocycles. The lowest BCUT2D eigenvalue weighted by atomic mass is 10.2. The summed E-state index contributed by atoms with van der Waals surface area (Å²) in [5.41, 5.74) is 6.70. The fourth-order valence-electron chi connectivity index (χ4n) is 6.40. The Bertz CT molecular complexity index is 2420. The molecule has 0 aliphatic rings. The lowest BCUT2D eigenvalue weighted by Crippen LogP contribution is -2.31. The molecule has 0 spiro atoms. The number of amides is 1. The van der Waals surface area contributed by atoms with Crippen molar-refractivity contribution >= 4 is 60.2 Å². The number of carbonyl (C=O) groups excluding carboxylic acids is 6. The zero-order chi connectivity index (χ0) is 46.1. The molecule has 0 saturated carbocycles. The number of para-hydroxylation sites is 2. The minimum absolute atomic E-state index is 0.0394. The first-order valence-electron chi connectivity index (χ1n) is 19.7. The van der Waals surface area contributed by atoms with Gasteiger partial charge in [-0.05, 0) is 82.0 Å². The molecule has 2 aromatic heterocycles. The molecular weight excluding hydrogens is 810 g/mol. The number of hydrogen-bond donors (Lipinski definition) is 1. The predicted octanol–water partition coefficient (Wildman–Crippen LogP) is 10.6. The molecule has 14 heteroatoms. The molecule has 6 aromatic rings. The van der Waals surface area contributed by atoms with Gasteiger partial charge in [0.1, 0.15) is 5.60 Å². The van der Waals surface area contributed by atoms with Crippen LogP contribution in [0.25, 0.3) is 27.9 Å². The second kappa shape index (κ2) is 26.7. The van der Waals surface area contributed by atoms with Crippen LogP contribution in [0.4, 0.5) is 4.79 Å². The van der Waals surface area contributed by atoms with Crippen molar-refractivity contribution in [1.82, 2.24) is 14.5 Å². The zero-order valence-electron chi connectivity index (χ0n) is 36.5. The van der Waals surface area contributed by atoms with Gasteiger partial charge in [-0.1, -0.05) is 111 Å². The fraction of sp³-hybridized carbons (Fsp3) is 0.292. The maximum absolute atomic E-state index is 12.0. The second-order valence-electron chi connectivity index (χ2n) is 14.5. The number of alkyl carbamates (subject to hydrolysis) is 1. The molecule has 328 valence electrons. The average molecular weight is 866 g/mol. The Balaban J connectivity index is 0.000000325. The standard InChI is InChI=1S/C23H26N2O2.C16H13NO.C7H17O3P.2CO2/c1-17(24-22(26)27-23(2,3)4)14-20-15-19-12-8-9-13-21(19)25(20)16-18-10-6-5-7-11-18;18-12-15-10-14-8-4-5-9-16(14)17(15)11-13-6-2-1-3-7-13;1-5-7(6-2)11(8,9-3)10-4;2*2-1-3/h5-15H,16H2,1-4H3,(H,24,26);1-10,12H,11H2;7H,5-6H2,1-4H3;;/b17-14+;;;;. The van der Waals surface area contributed by atoms with E-state index in [1.165, 1.54) is 30.7 Å². The molecule has 1 amide bonds. The number of fused-ring (bicyclic) bond motifs is 2. The van der Waals surface area contributed by atoms with E-state index in [1.807, 2.05) is 126 Å². The highest BCUT2D eigenvalue weighted by Gasteiger charge is 2.30. The van der Waals surface area contributed by atoms with Crippen LogP contribution in [0.5, 0.6) is 0 Å². The summed E-state index contributed by atoms with van der Waals surface area (Å²) in [5.74, 6) is 0. The van der Waals surface area contributed by atoms with Crippen LogP contribution in [0.15, 0.2) is 127 Å². The van der Waals surface area contributed by atoms with Gasteiger partial charge in [-0.25, -0.2) is 4.79 Å². The highest BCUT2D eigenvalue weighted by atomic mass is 31.2. The van der Waals surface area contributed by atoms with Crippen LogP contribution < -0.4 is 5.32 Å². The van der Waals surface area contributed by atoms with Gasteiger partial charge in [-0.15, -0.1) is 0 Å². The number of carbonyl (C=O) groups is 2. The Hall–Kier alpha value is -6.45. The Morgan fingerprint density at radius 2 is 1.08 bits per heavy atom. The smallest absolute Gasteiger partial charge is 0.411 e. The van der Waals surface area contributed by atoms with Crippen LogP contribution in [-0.2, 0) is 50.6 Å². The van der Waals surface area contributed by atoms with Crippen LogP contribution in [0, 0.1) is 0 Å². The maximum atomic E-state index is 12.0. The van der Waals surface area contributed by atoms with E-state index >= 15 is 0 Å². The van der Waals surface area contributed by atoms with Crippen molar-refractivity contribution in [3.8, 4) is 0 Å². The first-order chi connectivity index (χ1) is 29.7. The van der Waals surface area contributed by atoms with Crippen molar-refractivity contribution in [2.45, 2.75) is 78.7 Å². The molecular formula is C48H56N3O10P. The summed E-state index contributed by atoms with van der Waals surface area (Å²) in [6, 6.07) is 41.0. The van der Waals surface area contributed by atoms with Crippen LogP contribution >= 0.6 is 7.60 Å². The summed E-state index contributed by atoms with van der Waals surface area (Å²) >= 11 is 0. The van der Waals surface area contributed by atoms with Gasteiger partial charge in [-0.3, -0.25) is 14.7 Å². The van der Waals surface area contributed by atoms with Gasteiger partial charge in [0.15, 0.2) is 6.29 Å². The van der Waals surface area contributed by atoms with E-state index in [0.29, 0.717) is 0 Å². The van der Waals surface area contributed by atoms with Gasteiger partial charge in [0.2, 0.25) is 0 Å². The highest BCUT2D eigenvalue weighted by molar-refractivity contribution is 7.54. The summed E-state index contributed by atoms with van der Waals surface area (Å²) in [4.78, 5) is 55.7. The van der Waals surface area contributed by atoms with Crippen molar-refractivity contribution in [2.75, 3.05) is 14.2 Å². The third-order valence-corrected chi connectivity index (χ3v) is 11.8. The maximum Gasteiger partial charge on any atom is 0.411 e. The van der Waals surface area contributed by atoms with Crippen LogP contribution in [0.2, 0.25) is 0 Å². The molecule has 0 bridgehead atoms.